The number of benzene rings is 1. The third-order valence-corrected chi connectivity index (χ3v) is 4.80. The molecule has 1 fully saturated rings. The first kappa shape index (κ1) is 17.8. The molecular weight excluding hydrogens is 316 g/mol. The van der Waals surface area contributed by atoms with Crippen LogP contribution in [0.1, 0.15) is 61.5 Å². The van der Waals surface area contributed by atoms with Crippen molar-refractivity contribution in [3.05, 3.63) is 34.9 Å². The van der Waals surface area contributed by atoms with E-state index in [1.165, 1.54) is 12.0 Å². The van der Waals surface area contributed by atoms with Gasteiger partial charge >= 0.3 is 6.09 Å². The lowest BCUT2D eigenvalue weighted by molar-refractivity contribution is 0.0222. The van der Waals surface area contributed by atoms with Gasteiger partial charge in [-0.1, -0.05) is 12.1 Å². The second kappa shape index (κ2) is 7.06. The van der Waals surface area contributed by atoms with Gasteiger partial charge in [-0.3, -0.25) is 4.79 Å². The number of likely N-dealkylation sites (tertiary alicyclic amines) is 1. The van der Waals surface area contributed by atoms with Crippen molar-refractivity contribution >= 4 is 12.0 Å². The minimum Gasteiger partial charge on any atom is -0.444 e. The molecule has 2 aliphatic heterocycles. The maximum absolute atomic E-state index is 13.0. The van der Waals surface area contributed by atoms with Crippen LogP contribution in [0, 0.1) is 0 Å². The lowest BCUT2D eigenvalue weighted by atomic mass is 9.94. The molecule has 0 aliphatic carbocycles. The zero-order valence-corrected chi connectivity index (χ0v) is 15.5. The normalized spacial score (nSPS) is 17.9. The SMILES string of the molecule is CC(C)(C)OC(=O)N1CCc2cccc(C(=O)N3CCCCC3)c2C1. The molecule has 1 saturated heterocycles. The molecule has 2 amide bonds. The number of rotatable bonds is 1. The lowest BCUT2D eigenvalue weighted by Gasteiger charge is -2.33. The van der Waals surface area contributed by atoms with Crippen LogP contribution >= 0.6 is 0 Å². The molecule has 0 bridgehead atoms. The standard InChI is InChI=1S/C20H28N2O3/c1-20(2,3)25-19(24)22-13-10-15-8-7-9-16(17(15)14-22)18(23)21-11-5-4-6-12-21/h7-9H,4-6,10-14H2,1-3H3. The maximum Gasteiger partial charge on any atom is 0.410 e. The molecule has 0 atom stereocenters. The van der Waals surface area contributed by atoms with Gasteiger partial charge in [-0.05, 0) is 63.6 Å². The Hall–Kier alpha value is -2.04. The molecule has 0 radical (unpaired) electrons. The molecule has 5 heteroatoms. The van der Waals surface area contributed by atoms with Crippen LogP contribution in [0.3, 0.4) is 0 Å². The second-order valence-corrected chi connectivity index (χ2v) is 7.95. The highest BCUT2D eigenvalue weighted by Gasteiger charge is 2.29. The maximum atomic E-state index is 13.0. The van der Waals surface area contributed by atoms with Gasteiger partial charge in [0.15, 0.2) is 0 Å². The zero-order chi connectivity index (χ0) is 18.0. The minimum atomic E-state index is -0.513. The second-order valence-electron chi connectivity index (χ2n) is 7.95. The predicted molar refractivity (Wildman–Crippen MR) is 96.5 cm³/mol. The molecule has 136 valence electrons. The summed E-state index contributed by atoms with van der Waals surface area (Å²) in [5.74, 6) is 0.0996. The Balaban J connectivity index is 1.80. The van der Waals surface area contributed by atoms with Gasteiger partial charge in [0.1, 0.15) is 5.60 Å². The molecule has 3 rings (SSSR count). The number of fused-ring (bicyclic) bond motifs is 1. The number of hydrogen-bond donors (Lipinski definition) is 0. The molecule has 0 spiro atoms. The number of carbonyl (C=O) groups excluding carboxylic acids is 2. The Morgan fingerprint density at radius 2 is 1.72 bits per heavy atom. The summed E-state index contributed by atoms with van der Waals surface area (Å²) < 4.78 is 5.50. The zero-order valence-electron chi connectivity index (χ0n) is 15.5. The van der Waals surface area contributed by atoms with E-state index in [0.29, 0.717) is 13.1 Å². The average molecular weight is 344 g/mol. The van der Waals surface area contributed by atoms with E-state index in [9.17, 15) is 9.59 Å². The molecule has 1 aromatic carbocycles. The van der Waals surface area contributed by atoms with E-state index in [1.54, 1.807) is 4.90 Å². The fourth-order valence-corrected chi connectivity index (χ4v) is 3.53. The van der Waals surface area contributed by atoms with Gasteiger partial charge in [-0.2, -0.15) is 0 Å². The van der Waals surface area contributed by atoms with Gasteiger partial charge in [0.2, 0.25) is 0 Å². The Labute approximate surface area is 149 Å². The van der Waals surface area contributed by atoms with Crippen molar-refractivity contribution in [3.8, 4) is 0 Å². The molecule has 2 heterocycles. The Morgan fingerprint density at radius 1 is 1.00 bits per heavy atom. The molecule has 0 unspecified atom stereocenters. The highest BCUT2D eigenvalue weighted by molar-refractivity contribution is 5.96. The van der Waals surface area contributed by atoms with Crippen molar-refractivity contribution in [1.82, 2.24) is 9.80 Å². The van der Waals surface area contributed by atoms with Crippen molar-refractivity contribution in [2.24, 2.45) is 0 Å². The summed E-state index contributed by atoms with van der Waals surface area (Å²) in [4.78, 5) is 29.0. The fraction of sp³-hybridized carbons (Fsp3) is 0.600. The van der Waals surface area contributed by atoms with E-state index < -0.39 is 5.60 Å². The van der Waals surface area contributed by atoms with Crippen LogP contribution in [-0.2, 0) is 17.7 Å². The van der Waals surface area contributed by atoms with Crippen molar-refractivity contribution < 1.29 is 14.3 Å². The first-order valence-electron chi connectivity index (χ1n) is 9.23. The van der Waals surface area contributed by atoms with Gasteiger partial charge < -0.3 is 14.5 Å². The van der Waals surface area contributed by atoms with Crippen molar-refractivity contribution in [2.75, 3.05) is 19.6 Å². The van der Waals surface area contributed by atoms with E-state index >= 15 is 0 Å². The molecular formula is C20H28N2O3. The molecule has 0 N–H and O–H groups in total. The summed E-state index contributed by atoms with van der Waals surface area (Å²) in [7, 11) is 0. The number of nitrogens with zero attached hydrogens (tertiary/aromatic N) is 2. The van der Waals surface area contributed by atoms with Crippen LogP contribution in [0.2, 0.25) is 0 Å². The first-order valence-corrected chi connectivity index (χ1v) is 9.23. The molecule has 25 heavy (non-hydrogen) atoms. The molecule has 0 saturated carbocycles. The van der Waals surface area contributed by atoms with Crippen molar-refractivity contribution in [2.45, 2.75) is 58.6 Å². The molecule has 1 aromatic rings. The Kier molecular flexibility index (Phi) is 5.02. The van der Waals surface area contributed by atoms with Gasteiger partial charge in [-0.25, -0.2) is 4.79 Å². The third-order valence-electron chi connectivity index (χ3n) is 4.80. The largest absolute Gasteiger partial charge is 0.444 e. The van der Waals surface area contributed by atoms with E-state index in [-0.39, 0.29) is 12.0 Å². The van der Waals surface area contributed by atoms with Crippen LogP contribution < -0.4 is 0 Å². The first-order chi connectivity index (χ1) is 11.8. The van der Waals surface area contributed by atoms with Crippen LogP contribution in [0.15, 0.2) is 18.2 Å². The van der Waals surface area contributed by atoms with E-state index in [4.69, 9.17) is 4.74 Å². The summed E-state index contributed by atoms with van der Waals surface area (Å²) in [6.45, 7) is 8.34. The summed E-state index contributed by atoms with van der Waals surface area (Å²) >= 11 is 0. The highest BCUT2D eigenvalue weighted by atomic mass is 16.6. The van der Waals surface area contributed by atoms with Crippen LogP contribution in [-0.4, -0.2) is 47.0 Å². The van der Waals surface area contributed by atoms with Gasteiger partial charge in [-0.15, -0.1) is 0 Å². The summed E-state index contributed by atoms with van der Waals surface area (Å²) in [6.07, 6.45) is 3.80. The third kappa shape index (κ3) is 4.14. The van der Waals surface area contributed by atoms with Crippen molar-refractivity contribution in [1.29, 1.82) is 0 Å². The summed E-state index contributed by atoms with van der Waals surface area (Å²) in [5, 5.41) is 0. The molecule has 5 nitrogen and oxygen atoms in total. The van der Waals surface area contributed by atoms with Crippen LogP contribution in [0.25, 0.3) is 0 Å². The van der Waals surface area contributed by atoms with E-state index in [2.05, 4.69) is 6.07 Å². The average Bonchev–Trinajstić information content (AvgIpc) is 2.59. The van der Waals surface area contributed by atoms with E-state index in [1.807, 2.05) is 37.8 Å². The topological polar surface area (TPSA) is 49.9 Å². The van der Waals surface area contributed by atoms with Gasteiger partial charge in [0.05, 0.1) is 6.54 Å². The van der Waals surface area contributed by atoms with Gasteiger partial charge in [0.25, 0.3) is 5.91 Å². The highest BCUT2D eigenvalue weighted by Crippen LogP contribution is 2.26. The monoisotopic (exact) mass is 344 g/mol. The van der Waals surface area contributed by atoms with Crippen LogP contribution in [0.4, 0.5) is 4.79 Å². The number of carbonyl (C=O) groups is 2. The summed E-state index contributed by atoms with van der Waals surface area (Å²) in [6, 6.07) is 5.92. The molecule has 0 aromatic heterocycles. The smallest absolute Gasteiger partial charge is 0.410 e. The Bertz CT molecular complexity index is 657. The van der Waals surface area contributed by atoms with Gasteiger partial charge in [0, 0.05) is 25.2 Å². The number of amides is 2. The van der Waals surface area contributed by atoms with E-state index in [0.717, 1.165) is 43.5 Å². The molecule has 2 aliphatic rings. The fourth-order valence-electron chi connectivity index (χ4n) is 3.53. The number of hydrogen-bond acceptors (Lipinski definition) is 3. The minimum absolute atomic E-state index is 0.0996. The Morgan fingerprint density at radius 3 is 2.40 bits per heavy atom. The lowest BCUT2D eigenvalue weighted by Crippen LogP contribution is -2.41. The number of ether oxygens (including phenoxy) is 1. The quantitative estimate of drug-likeness (QED) is 0.782. The number of piperidine rings is 1. The van der Waals surface area contributed by atoms with Crippen molar-refractivity contribution in [3.63, 3.8) is 0 Å². The van der Waals surface area contributed by atoms with Crippen LogP contribution in [0.5, 0.6) is 0 Å². The predicted octanol–water partition coefficient (Wildman–Crippen LogP) is 3.61. The summed E-state index contributed by atoms with van der Waals surface area (Å²) in [5.41, 5.74) is 2.38.